The van der Waals surface area contributed by atoms with Gasteiger partial charge in [0.2, 0.25) is 0 Å². The quantitative estimate of drug-likeness (QED) is 0.292. The normalized spacial score (nSPS) is 10.9. The van der Waals surface area contributed by atoms with Crippen molar-refractivity contribution in [3.05, 3.63) is 26.8 Å². The van der Waals surface area contributed by atoms with Crippen molar-refractivity contribution in [2.45, 2.75) is 78.1 Å². The number of nitrogen functional groups attached to an aromatic ring is 1. The number of benzene rings is 1. The summed E-state index contributed by atoms with van der Waals surface area (Å²) in [6, 6.07) is 4.27. The molecule has 0 spiro atoms. The predicted octanol–water partition coefficient (Wildman–Crippen LogP) is 6.12. The summed E-state index contributed by atoms with van der Waals surface area (Å²) in [6.07, 6.45) is 12.9. The molecule has 0 unspecified atom stereocenters. The third kappa shape index (κ3) is 6.02. The minimum Gasteiger partial charge on any atom is -0.398 e. The second-order valence-corrected chi connectivity index (χ2v) is 6.88. The van der Waals surface area contributed by atoms with Gasteiger partial charge in [0.1, 0.15) is 0 Å². The van der Waals surface area contributed by atoms with E-state index in [-0.39, 0.29) is 0 Å². The highest BCUT2D eigenvalue weighted by molar-refractivity contribution is 14.1. The van der Waals surface area contributed by atoms with Crippen LogP contribution in [0.3, 0.4) is 0 Å². The third-order valence-electron chi connectivity index (χ3n) is 3.97. The molecule has 20 heavy (non-hydrogen) atoms. The molecule has 0 radical (unpaired) electrons. The fraction of sp³-hybridized carbons (Fsp3) is 0.667. The number of anilines is 1. The van der Waals surface area contributed by atoms with Crippen molar-refractivity contribution in [3.8, 4) is 0 Å². The van der Waals surface area contributed by atoms with Crippen molar-refractivity contribution < 1.29 is 0 Å². The average Bonchev–Trinajstić information content (AvgIpc) is 2.45. The monoisotopic (exact) mass is 387 g/mol. The molecule has 0 heterocycles. The topological polar surface area (TPSA) is 26.0 Å². The molecular formula is C18H30IN. The van der Waals surface area contributed by atoms with Crippen LogP contribution in [0.4, 0.5) is 5.69 Å². The Bertz CT molecular complexity index is 350. The minimum atomic E-state index is 1.01. The van der Waals surface area contributed by atoms with E-state index in [0.717, 1.165) is 12.1 Å². The zero-order valence-corrected chi connectivity index (χ0v) is 15.3. The van der Waals surface area contributed by atoms with Gasteiger partial charge in [-0.1, -0.05) is 52.4 Å². The molecule has 0 fully saturated rings. The van der Waals surface area contributed by atoms with Gasteiger partial charge < -0.3 is 5.73 Å². The van der Waals surface area contributed by atoms with Crippen molar-refractivity contribution in [2.24, 2.45) is 0 Å². The average molecular weight is 387 g/mol. The first-order chi connectivity index (χ1) is 9.70. The van der Waals surface area contributed by atoms with Crippen LogP contribution in [0.25, 0.3) is 0 Å². The first-order valence-electron chi connectivity index (χ1n) is 8.26. The van der Waals surface area contributed by atoms with E-state index in [1.54, 1.807) is 0 Å². The van der Waals surface area contributed by atoms with Gasteiger partial charge in [0.05, 0.1) is 0 Å². The second kappa shape index (κ2) is 10.5. The highest BCUT2D eigenvalue weighted by atomic mass is 127. The first kappa shape index (κ1) is 17.8. The van der Waals surface area contributed by atoms with Gasteiger partial charge in [-0.3, -0.25) is 0 Å². The third-order valence-corrected chi connectivity index (χ3v) is 4.98. The van der Waals surface area contributed by atoms with Crippen molar-refractivity contribution in [1.82, 2.24) is 0 Å². The van der Waals surface area contributed by atoms with Crippen LogP contribution in [-0.2, 0) is 12.8 Å². The van der Waals surface area contributed by atoms with Gasteiger partial charge in [0.25, 0.3) is 0 Å². The summed E-state index contributed by atoms with van der Waals surface area (Å²) < 4.78 is 1.40. The van der Waals surface area contributed by atoms with Crippen LogP contribution in [0.1, 0.15) is 76.3 Å². The van der Waals surface area contributed by atoms with Crippen LogP contribution in [0.5, 0.6) is 0 Å². The van der Waals surface area contributed by atoms with E-state index in [2.05, 4.69) is 48.6 Å². The van der Waals surface area contributed by atoms with Gasteiger partial charge in [-0.2, -0.15) is 0 Å². The Labute approximate surface area is 138 Å². The Morgan fingerprint density at radius 1 is 0.800 bits per heavy atom. The standard InChI is InChI=1S/C18H30IN/c1-3-5-7-9-11-15-16(12-10-8-6-4-2)18(20)14-13-17(15)19/h13-14H,3-12,20H2,1-2H3. The van der Waals surface area contributed by atoms with Gasteiger partial charge >= 0.3 is 0 Å². The first-order valence-corrected chi connectivity index (χ1v) is 9.34. The smallest absolute Gasteiger partial charge is 0.0350 e. The zero-order valence-electron chi connectivity index (χ0n) is 13.2. The molecule has 0 aliphatic carbocycles. The lowest BCUT2D eigenvalue weighted by Crippen LogP contribution is -2.03. The molecule has 1 aromatic rings. The minimum absolute atomic E-state index is 1.01. The fourth-order valence-corrected chi connectivity index (χ4v) is 3.48. The lowest BCUT2D eigenvalue weighted by atomic mass is 9.95. The molecule has 0 aliphatic rings. The number of hydrogen-bond acceptors (Lipinski definition) is 1. The molecule has 1 rings (SSSR count). The fourth-order valence-electron chi connectivity index (χ4n) is 2.71. The molecule has 0 aliphatic heterocycles. The molecule has 1 aromatic carbocycles. The lowest BCUT2D eigenvalue weighted by molar-refractivity contribution is 0.650. The van der Waals surface area contributed by atoms with Crippen molar-refractivity contribution in [2.75, 3.05) is 5.73 Å². The van der Waals surface area contributed by atoms with Crippen LogP contribution in [0.2, 0.25) is 0 Å². The van der Waals surface area contributed by atoms with Gasteiger partial charge in [0, 0.05) is 9.26 Å². The lowest BCUT2D eigenvalue weighted by Gasteiger charge is -2.14. The summed E-state index contributed by atoms with van der Waals surface area (Å²) >= 11 is 2.48. The Morgan fingerprint density at radius 2 is 1.35 bits per heavy atom. The SMILES string of the molecule is CCCCCCc1c(N)ccc(I)c1CCCCCC. The molecule has 0 saturated carbocycles. The molecule has 0 amide bonds. The molecule has 2 N–H and O–H groups in total. The molecule has 0 aromatic heterocycles. The van der Waals surface area contributed by atoms with E-state index < -0.39 is 0 Å². The number of nitrogens with two attached hydrogens (primary N) is 1. The summed E-state index contributed by atoms with van der Waals surface area (Å²) in [5.74, 6) is 0. The summed E-state index contributed by atoms with van der Waals surface area (Å²) in [5.41, 5.74) is 10.2. The van der Waals surface area contributed by atoms with E-state index in [1.807, 2.05) is 0 Å². The maximum Gasteiger partial charge on any atom is 0.0350 e. The Hall–Kier alpha value is -0.250. The van der Waals surface area contributed by atoms with E-state index in [1.165, 1.54) is 72.5 Å². The van der Waals surface area contributed by atoms with Gasteiger partial charge in [-0.05, 0) is 71.5 Å². The van der Waals surface area contributed by atoms with Crippen molar-refractivity contribution >= 4 is 28.3 Å². The van der Waals surface area contributed by atoms with Crippen LogP contribution >= 0.6 is 22.6 Å². The van der Waals surface area contributed by atoms with E-state index >= 15 is 0 Å². The summed E-state index contributed by atoms with van der Waals surface area (Å²) in [7, 11) is 0. The van der Waals surface area contributed by atoms with Crippen molar-refractivity contribution in [3.63, 3.8) is 0 Å². The van der Waals surface area contributed by atoms with E-state index in [0.29, 0.717) is 0 Å². The van der Waals surface area contributed by atoms with Gasteiger partial charge in [-0.15, -0.1) is 0 Å². The maximum atomic E-state index is 6.23. The molecular weight excluding hydrogens is 357 g/mol. The molecule has 114 valence electrons. The van der Waals surface area contributed by atoms with E-state index in [4.69, 9.17) is 5.73 Å². The number of hydrogen-bond donors (Lipinski definition) is 1. The highest BCUT2D eigenvalue weighted by Gasteiger charge is 2.10. The highest BCUT2D eigenvalue weighted by Crippen LogP contribution is 2.27. The van der Waals surface area contributed by atoms with Crippen LogP contribution in [-0.4, -0.2) is 0 Å². The number of unbranched alkanes of at least 4 members (excludes halogenated alkanes) is 6. The van der Waals surface area contributed by atoms with Gasteiger partial charge in [0.15, 0.2) is 0 Å². The largest absolute Gasteiger partial charge is 0.398 e. The second-order valence-electron chi connectivity index (χ2n) is 5.72. The maximum absolute atomic E-state index is 6.23. The summed E-state index contributed by atoms with van der Waals surface area (Å²) in [4.78, 5) is 0. The van der Waals surface area contributed by atoms with Gasteiger partial charge in [-0.25, -0.2) is 0 Å². The zero-order chi connectivity index (χ0) is 14.8. The van der Waals surface area contributed by atoms with Crippen LogP contribution < -0.4 is 5.73 Å². The number of halogens is 1. The summed E-state index contributed by atoms with van der Waals surface area (Å²) in [5, 5.41) is 0. The molecule has 0 saturated heterocycles. The molecule has 2 heteroatoms. The molecule has 0 atom stereocenters. The summed E-state index contributed by atoms with van der Waals surface area (Å²) in [6.45, 7) is 4.53. The molecule has 1 nitrogen and oxygen atoms in total. The van der Waals surface area contributed by atoms with Crippen molar-refractivity contribution in [1.29, 1.82) is 0 Å². The Kier molecular flexibility index (Phi) is 9.32. The Balaban J connectivity index is 2.66. The van der Waals surface area contributed by atoms with Crippen LogP contribution in [0.15, 0.2) is 12.1 Å². The van der Waals surface area contributed by atoms with E-state index in [9.17, 15) is 0 Å². The van der Waals surface area contributed by atoms with Crippen LogP contribution in [0, 0.1) is 3.57 Å². The number of rotatable bonds is 10. The predicted molar refractivity (Wildman–Crippen MR) is 99.3 cm³/mol. The molecule has 0 bridgehead atoms. The Morgan fingerprint density at radius 3 is 1.90 bits per heavy atom.